The van der Waals surface area contributed by atoms with Gasteiger partial charge in [-0.15, -0.1) is 0 Å². The van der Waals surface area contributed by atoms with Crippen molar-refractivity contribution in [3.05, 3.63) is 59.7 Å². The fourth-order valence-electron chi connectivity index (χ4n) is 3.18. The number of nitrogens with zero attached hydrogens (tertiary/aromatic N) is 1. The van der Waals surface area contributed by atoms with E-state index >= 15 is 0 Å². The van der Waals surface area contributed by atoms with Crippen LogP contribution in [0.15, 0.2) is 48.5 Å². The summed E-state index contributed by atoms with van der Waals surface area (Å²) < 4.78 is 0. The number of amides is 2. The van der Waals surface area contributed by atoms with Crippen LogP contribution in [0, 0.1) is 0 Å². The van der Waals surface area contributed by atoms with Crippen LogP contribution in [0.25, 0.3) is 0 Å². The lowest BCUT2D eigenvalue weighted by Crippen LogP contribution is -2.32. The summed E-state index contributed by atoms with van der Waals surface area (Å²) in [6, 6.07) is 14.8. The fourth-order valence-corrected chi connectivity index (χ4v) is 3.18. The van der Waals surface area contributed by atoms with Crippen molar-refractivity contribution in [2.75, 3.05) is 24.7 Å². The van der Waals surface area contributed by atoms with Crippen molar-refractivity contribution in [2.24, 2.45) is 0 Å². The Morgan fingerprint density at radius 3 is 2.44 bits per heavy atom. The Kier molecular flexibility index (Phi) is 4.35. The van der Waals surface area contributed by atoms with Crippen LogP contribution < -0.4 is 10.6 Å². The second kappa shape index (κ2) is 6.33. The Hall–Kier alpha value is -2.66. The van der Waals surface area contributed by atoms with Crippen molar-refractivity contribution in [3.63, 3.8) is 0 Å². The van der Waals surface area contributed by atoms with Crippen LogP contribution in [0.3, 0.4) is 0 Å². The van der Waals surface area contributed by atoms with Gasteiger partial charge in [-0.2, -0.15) is 0 Å². The molecule has 2 N–H and O–H groups in total. The van der Waals surface area contributed by atoms with Crippen LogP contribution in [0.5, 0.6) is 0 Å². The monoisotopic (exact) mass is 337 g/mol. The lowest BCUT2D eigenvalue weighted by molar-refractivity contribution is -0.121. The molecule has 5 nitrogen and oxygen atoms in total. The molecule has 130 valence electrons. The van der Waals surface area contributed by atoms with E-state index in [-0.39, 0.29) is 17.9 Å². The molecule has 0 aliphatic carbocycles. The summed E-state index contributed by atoms with van der Waals surface area (Å²) in [7, 11) is 3.76. The molecule has 0 radical (unpaired) electrons. The first-order chi connectivity index (χ1) is 11.8. The van der Waals surface area contributed by atoms with Crippen LogP contribution in [-0.2, 0) is 15.0 Å². The average Bonchev–Trinajstić information content (AvgIpc) is 2.78. The molecule has 1 aliphatic rings. The van der Waals surface area contributed by atoms with Crippen molar-refractivity contribution in [1.29, 1.82) is 0 Å². The summed E-state index contributed by atoms with van der Waals surface area (Å²) >= 11 is 0. The second-order valence-corrected chi connectivity index (χ2v) is 7.11. The number of nitrogens with one attached hydrogen (secondary N) is 2. The van der Waals surface area contributed by atoms with Gasteiger partial charge in [-0.25, -0.2) is 0 Å². The minimum absolute atomic E-state index is 0.0265. The summed E-state index contributed by atoms with van der Waals surface area (Å²) in [6.07, 6.45) is 0. The number of hydrogen-bond donors (Lipinski definition) is 2. The van der Waals surface area contributed by atoms with Crippen molar-refractivity contribution >= 4 is 23.2 Å². The molecule has 5 heteroatoms. The molecular formula is C20H23N3O2. The molecule has 0 bridgehead atoms. The van der Waals surface area contributed by atoms with Gasteiger partial charge in [0.1, 0.15) is 6.04 Å². The maximum Gasteiger partial charge on any atom is 0.246 e. The molecule has 1 unspecified atom stereocenters. The first-order valence-electron chi connectivity index (χ1n) is 8.29. The van der Waals surface area contributed by atoms with E-state index in [2.05, 4.69) is 10.6 Å². The third-order valence-electron chi connectivity index (χ3n) is 4.66. The van der Waals surface area contributed by atoms with Gasteiger partial charge in [0, 0.05) is 11.4 Å². The molecule has 0 saturated carbocycles. The van der Waals surface area contributed by atoms with Gasteiger partial charge in [0.2, 0.25) is 11.8 Å². The van der Waals surface area contributed by atoms with E-state index in [1.807, 2.05) is 81.4 Å². The third kappa shape index (κ3) is 3.15. The van der Waals surface area contributed by atoms with Crippen LogP contribution in [0.4, 0.5) is 11.4 Å². The van der Waals surface area contributed by atoms with Gasteiger partial charge in [-0.05, 0) is 57.3 Å². The molecular weight excluding hydrogens is 314 g/mol. The third-order valence-corrected chi connectivity index (χ3v) is 4.66. The number of likely N-dealkylation sites (N-methyl/N-ethyl adjacent to an activating group) is 1. The molecule has 25 heavy (non-hydrogen) atoms. The molecule has 1 aliphatic heterocycles. The standard InChI is InChI=1S/C20H23N3O2/c1-20(2)15-12-14(10-11-16(15)22-19(20)25)21-18(24)17(23(3)4)13-8-6-5-7-9-13/h5-12,17H,1-4H3,(H,21,24)(H,22,25). The normalized spacial score (nSPS) is 16.3. The summed E-state index contributed by atoms with van der Waals surface area (Å²) in [6.45, 7) is 3.76. The zero-order valence-electron chi connectivity index (χ0n) is 15.0. The lowest BCUT2D eigenvalue weighted by atomic mass is 9.86. The van der Waals surface area contributed by atoms with Gasteiger partial charge in [0.15, 0.2) is 0 Å². The maximum atomic E-state index is 12.8. The van der Waals surface area contributed by atoms with Crippen molar-refractivity contribution in [2.45, 2.75) is 25.3 Å². The Labute approximate surface area is 148 Å². The molecule has 1 atom stereocenters. The average molecular weight is 337 g/mol. The van der Waals surface area contributed by atoms with E-state index in [0.29, 0.717) is 5.69 Å². The predicted molar refractivity (Wildman–Crippen MR) is 99.6 cm³/mol. The zero-order chi connectivity index (χ0) is 18.2. The number of fused-ring (bicyclic) bond motifs is 1. The highest BCUT2D eigenvalue weighted by atomic mass is 16.2. The first-order valence-corrected chi connectivity index (χ1v) is 8.29. The van der Waals surface area contributed by atoms with E-state index < -0.39 is 5.41 Å². The molecule has 0 spiro atoms. The number of hydrogen-bond acceptors (Lipinski definition) is 3. The largest absolute Gasteiger partial charge is 0.325 e. The number of benzene rings is 2. The number of carbonyl (C=O) groups is 2. The molecule has 2 amide bonds. The van der Waals surface area contributed by atoms with Crippen molar-refractivity contribution in [3.8, 4) is 0 Å². The predicted octanol–water partition coefficient (Wildman–Crippen LogP) is 3.16. The fraction of sp³-hybridized carbons (Fsp3) is 0.300. The van der Waals surface area contributed by atoms with Gasteiger partial charge in [0.05, 0.1) is 5.41 Å². The van der Waals surface area contributed by atoms with Gasteiger partial charge in [0.25, 0.3) is 0 Å². The molecule has 2 aromatic rings. The first kappa shape index (κ1) is 17.2. The smallest absolute Gasteiger partial charge is 0.246 e. The molecule has 0 aromatic heterocycles. The van der Waals surface area contributed by atoms with E-state index in [1.165, 1.54) is 0 Å². The maximum absolute atomic E-state index is 12.8. The van der Waals surface area contributed by atoms with Crippen molar-refractivity contribution in [1.82, 2.24) is 4.90 Å². The summed E-state index contributed by atoms with van der Waals surface area (Å²) in [5.41, 5.74) is 2.73. The highest BCUT2D eigenvalue weighted by Crippen LogP contribution is 2.38. The SMILES string of the molecule is CN(C)C(C(=O)Nc1ccc2c(c1)C(C)(C)C(=O)N2)c1ccccc1. The lowest BCUT2D eigenvalue weighted by Gasteiger charge is -2.24. The molecule has 0 saturated heterocycles. The Morgan fingerprint density at radius 1 is 1.12 bits per heavy atom. The molecule has 0 fully saturated rings. The van der Waals surface area contributed by atoms with E-state index in [0.717, 1.165) is 16.8 Å². The Bertz CT molecular complexity index is 813. The van der Waals surface area contributed by atoms with Gasteiger partial charge in [-0.1, -0.05) is 30.3 Å². The molecule has 3 rings (SSSR count). The summed E-state index contributed by atoms with van der Waals surface area (Å²) in [4.78, 5) is 26.8. The van der Waals surface area contributed by atoms with Crippen molar-refractivity contribution < 1.29 is 9.59 Å². The van der Waals surface area contributed by atoms with Gasteiger partial charge in [-0.3, -0.25) is 14.5 Å². The molecule has 2 aromatic carbocycles. The van der Waals surface area contributed by atoms with E-state index in [9.17, 15) is 9.59 Å². The van der Waals surface area contributed by atoms with Crippen LogP contribution >= 0.6 is 0 Å². The minimum Gasteiger partial charge on any atom is -0.325 e. The topological polar surface area (TPSA) is 61.4 Å². The molecule has 1 heterocycles. The zero-order valence-corrected chi connectivity index (χ0v) is 15.0. The Balaban J connectivity index is 1.86. The number of carbonyl (C=O) groups excluding carboxylic acids is 2. The minimum atomic E-state index is -0.601. The highest BCUT2D eigenvalue weighted by molar-refractivity contribution is 6.06. The van der Waals surface area contributed by atoms with Gasteiger partial charge < -0.3 is 10.6 Å². The van der Waals surface area contributed by atoms with Crippen LogP contribution in [-0.4, -0.2) is 30.8 Å². The quantitative estimate of drug-likeness (QED) is 0.901. The second-order valence-electron chi connectivity index (χ2n) is 7.11. The number of rotatable bonds is 4. The highest BCUT2D eigenvalue weighted by Gasteiger charge is 2.38. The summed E-state index contributed by atoms with van der Waals surface area (Å²) in [5.74, 6) is -0.132. The van der Waals surface area contributed by atoms with Crippen LogP contribution in [0.1, 0.15) is 31.0 Å². The van der Waals surface area contributed by atoms with Crippen LogP contribution in [0.2, 0.25) is 0 Å². The van der Waals surface area contributed by atoms with E-state index in [1.54, 1.807) is 0 Å². The summed E-state index contributed by atoms with van der Waals surface area (Å²) in [5, 5.41) is 5.86. The Morgan fingerprint density at radius 2 is 1.80 bits per heavy atom. The number of anilines is 2. The van der Waals surface area contributed by atoms with Gasteiger partial charge >= 0.3 is 0 Å². The van der Waals surface area contributed by atoms with E-state index in [4.69, 9.17) is 0 Å².